The lowest BCUT2D eigenvalue weighted by Gasteiger charge is -2.15. The van der Waals surface area contributed by atoms with Crippen molar-refractivity contribution in [1.82, 2.24) is 9.97 Å². The Balaban J connectivity index is 2.38. The topological polar surface area (TPSA) is 70.1 Å². The lowest BCUT2D eigenvalue weighted by Crippen LogP contribution is -2.22. The molecule has 3 N–H and O–H groups in total. The van der Waals surface area contributed by atoms with E-state index in [2.05, 4.69) is 43.2 Å². The van der Waals surface area contributed by atoms with Crippen molar-refractivity contribution >= 4 is 40.0 Å². The third-order valence-electron chi connectivity index (χ3n) is 2.80. The molecule has 9 heteroatoms. The van der Waals surface area contributed by atoms with Gasteiger partial charge in [0.25, 0.3) is 0 Å². The van der Waals surface area contributed by atoms with Gasteiger partial charge in [-0.2, -0.15) is 18.2 Å². The van der Waals surface area contributed by atoms with Crippen LogP contribution in [0, 0.1) is 3.57 Å². The maximum Gasteiger partial charge on any atom is 0.433 e. The number of para-hydroxylation sites is 1. The fraction of sp³-hybridized carbons (Fsp3) is 0.286. The minimum absolute atomic E-state index is 0.0177. The van der Waals surface area contributed by atoms with E-state index in [4.69, 9.17) is 5.11 Å². The van der Waals surface area contributed by atoms with Crippen LogP contribution >= 0.6 is 22.6 Å². The maximum absolute atomic E-state index is 13.0. The number of aliphatic hydroxyl groups is 1. The first-order valence-corrected chi connectivity index (χ1v) is 7.72. The number of benzene rings is 1. The number of anilines is 3. The van der Waals surface area contributed by atoms with Gasteiger partial charge in [0.05, 0.1) is 12.3 Å². The Kier molecular flexibility index (Phi) is 5.63. The second-order valence-corrected chi connectivity index (χ2v) is 5.95. The summed E-state index contributed by atoms with van der Waals surface area (Å²) in [6.07, 6.45) is -4.60. The zero-order chi connectivity index (χ0) is 17.0. The largest absolute Gasteiger partial charge is 0.433 e. The van der Waals surface area contributed by atoms with Gasteiger partial charge in [0.15, 0.2) is 5.69 Å². The summed E-state index contributed by atoms with van der Waals surface area (Å²) in [7, 11) is 0. The van der Waals surface area contributed by atoms with Crippen LogP contribution in [0.25, 0.3) is 0 Å². The van der Waals surface area contributed by atoms with Gasteiger partial charge in [-0.1, -0.05) is 12.1 Å². The third-order valence-corrected chi connectivity index (χ3v) is 3.74. The first-order chi connectivity index (χ1) is 10.8. The molecule has 1 aromatic carbocycles. The van der Waals surface area contributed by atoms with Gasteiger partial charge < -0.3 is 15.7 Å². The van der Waals surface area contributed by atoms with Crippen molar-refractivity contribution in [2.75, 3.05) is 17.2 Å². The van der Waals surface area contributed by atoms with Crippen LogP contribution in [0.4, 0.5) is 30.6 Å². The third kappa shape index (κ3) is 4.93. The van der Waals surface area contributed by atoms with Crippen LogP contribution in [0.15, 0.2) is 30.3 Å². The molecule has 2 rings (SSSR count). The van der Waals surface area contributed by atoms with E-state index in [-0.39, 0.29) is 18.4 Å². The average Bonchev–Trinajstić information content (AvgIpc) is 2.48. The lowest BCUT2D eigenvalue weighted by atomic mass is 10.3. The number of hydrogen-bond acceptors (Lipinski definition) is 5. The predicted octanol–water partition coefficient (Wildman–Crippen LogP) is 3.64. The zero-order valence-electron chi connectivity index (χ0n) is 12.0. The van der Waals surface area contributed by atoms with Crippen molar-refractivity contribution in [3.05, 3.63) is 39.6 Å². The van der Waals surface area contributed by atoms with Gasteiger partial charge in [-0.05, 0) is 41.6 Å². The van der Waals surface area contributed by atoms with Gasteiger partial charge in [0.1, 0.15) is 5.82 Å². The van der Waals surface area contributed by atoms with E-state index in [0.717, 1.165) is 9.64 Å². The lowest BCUT2D eigenvalue weighted by molar-refractivity contribution is -0.141. The summed E-state index contributed by atoms with van der Waals surface area (Å²) in [4.78, 5) is 7.48. The van der Waals surface area contributed by atoms with Crippen molar-refractivity contribution in [3.8, 4) is 0 Å². The summed E-state index contributed by atoms with van der Waals surface area (Å²) < 4.78 is 39.8. The summed E-state index contributed by atoms with van der Waals surface area (Å²) in [6.45, 7) is 1.36. The van der Waals surface area contributed by atoms with E-state index in [0.29, 0.717) is 5.69 Å². The average molecular weight is 438 g/mol. The van der Waals surface area contributed by atoms with Crippen molar-refractivity contribution in [2.24, 2.45) is 0 Å². The molecule has 2 aromatic rings. The Labute approximate surface area is 144 Å². The molecule has 124 valence electrons. The summed E-state index contributed by atoms with van der Waals surface area (Å²) in [5, 5.41) is 14.5. The van der Waals surface area contributed by atoms with Crippen LogP contribution in [0.3, 0.4) is 0 Å². The Morgan fingerprint density at radius 1 is 1.26 bits per heavy atom. The molecule has 0 aliphatic heterocycles. The Bertz CT molecular complexity index is 681. The van der Waals surface area contributed by atoms with E-state index in [9.17, 15) is 13.2 Å². The molecule has 0 bridgehead atoms. The van der Waals surface area contributed by atoms with Crippen LogP contribution in [0.5, 0.6) is 0 Å². The molecule has 0 aliphatic carbocycles. The Hall–Kier alpha value is -1.62. The normalized spacial score (nSPS) is 12.8. The predicted molar refractivity (Wildman–Crippen MR) is 89.6 cm³/mol. The second-order valence-electron chi connectivity index (χ2n) is 4.79. The smallest absolute Gasteiger partial charge is 0.394 e. The summed E-state index contributed by atoms with van der Waals surface area (Å²) in [6, 6.07) is 7.52. The molecule has 23 heavy (non-hydrogen) atoms. The van der Waals surface area contributed by atoms with Crippen molar-refractivity contribution < 1.29 is 18.3 Å². The number of nitrogens with one attached hydrogen (secondary N) is 2. The molecule has 0 saturated heterocycles. The Morgan fingerprint density at radius 3 is 2.57 bits per heavy atom. The van der Waals surface area contributed by atoms with Gasteiger partial charge in [-0.3, -0.25) is 0 Å². The second kappa shape index (κ2) is 7.30. The molecular formula is C14H14F3IN4O. The van der Waals surface area contributed by atoms with Gasteiger partial charge >= 0.3 is 6.18 Å². The number of halogens is 4. The fourth-order valence-electron chi connectivity index (χ4n) is 1.69. The molecule has 0 unspecified atom stereocenters. The molecule has 0 aliphatic rings. The number of aliphatic hydroxyl groups excluding tert-OH is 1. The number of nitrogens with zero attached hydrogens (tertiary/aromatic N) is 2. The number of rotatable bonds is 5. The van der Waals surface area contributed by atoms with Crippen molar-refractivity contribution in [2.45, 2.75) is 19.1 Å². The van der Waals surface area contributed by atoms with Crippen molar-refractivity contribution in [1.29, 1.82) is 0 Å². The first-order valence-electron chi connectivity index (χ1n) is 6.65. The minimum atomic E-state index is -4.60. The molecule has 0 radical (unpaired) electrons. The highest BCUT2D eigenvalue weighted by molar-refractivity contribution is 14.1. The maximum atomic E-state index is 13.0. The molecule has 0 spiro atoms. The molecule has 5 nitrogen and oxygen atoms in total. The van der Waals surface area contributed by atoms with E-state index in [1.54, 1.807) is 19.1 Å². The number of alkyl halides is 3. The summed E-state index contributed by atoms with van der Waals surface area (Å²) in [5.41, 5.74) is -0.422. The quantitative estimate of drug-likeness (QED) is 0.623. The molecule has 1 aromatic heterocycles. The molecule has 0 amide bonds. The van der Waals surface area contributed by atoms with Gasteiger partial charge in [0, 0.05) is 15.7 Å². The van der Waals surface area contributed by atoms with Gasteiger partial charge in [-0.25, -0.2) is 4.98 Å². The highest BCUT2D eigenvalue weighted by Gasteiger charge is 2.34. The Morgan fingerprint density at radius 2 is 1.96 bits per heavy atom. The standard InChI is InChI=1S/C14H14F3IN4O/c1-8(7-23)19-13-21-11(14(15,16)17)6-12(22-13)20-10-5-3-2-4-9(10)18/h2-6,8,23H,7H2,1H3,(H2,19,20,21,22)/t8-/m0/s1. The van der Waals surface area contributed by atoms with Crippen LogP contribution in [0.1, 0.15) is 12.6 Å². The highest BCUT2D eigenvalue weighted by Crippen LogP contribution is 2.31. The van der Waals surface area contributed by atoms with E-state index >= 15 is 0 Å². The van der Waals surface area contributed by atoms with Crippen LogP contribution in [0.2, 0.25) is 0 Å². The van der Waals surface area contributed by atoms with E-state index in [1.807, 2.05) is 12.1 Å². The number of hydrogen-bond donors (Lipinski definition) is 3. The summed E-state index contributed by atoms with van der Waals surface area (Å²) in [5.74, 6) is -0.182. The van der Waals surface area contributed by atoms with Gasteiger partial charge in [0.2, 0.25) is 5.95 Å². The minimum Gasteiger partial charge on any atom is -0.394 e. The molecule has 0 fully saturated rings. The SMILES string of the molecule is C[C@@H](CO)Nc1nc(Nc2ccccc2I)cc(C(F)(F)F)n1. The van der Waals surface area contributed by atoms with Crippen LogP contribution < -0.4 is 10.6 Å². The van der Waals surface area contributed by atoms with Gasteiger partial charge in [-0.15, -0.1) is 0 Å². The first kappa shape index (κ1) is 17.7. The summed E-state index contributed by atoms with van der Waals surface area (Å²) >= 11 is 2.07. The fourth-order valence-corrected chi connectivity index (χ4v) is 2.21. The molecule has 1 atom stereocenters. The van der Waals surface area contributed by atoms with E-state index < -0.39 is 17.9 Å². The van der Waals surface area contributed by atoms with Crippen molar-refractivity contribution in [3.63, 3.8) is 0 Å². The molecule has 0 saturated carbocycles. The van der Waals surface area contributed by atoms with E-state index in [1.165, 1.54) is 0 Å². The monoisotopic (exact) mass is 438 g/mol. The molecular weight excluding hydrogens is 424 g/mol. The molecule has 1 heterocycles. The highest BCUT2D eigenvalue weighted by atomic mass is 127. The zero-order valence-corrected chi connectivity index (χ0v) is 14.2. The number of aromatic nitrogens is 2. The van der Waals surface area contributed by atoms with Crippen LogP contribution in [-0.2, 0) is 6.18 Å². The van der Waals surface area contributed by atoms with Crippen LogP contribution in [-0.4, -0.2) is 27.7 Å².